The summed E-state index contributed by atoms with van der Waals surface area (Å²) in [6.45, 7) is 2.61. The Balaban J connectivity index is 1.93. The zero-order valence-corrected chi connectivity index (χ0v) is 11.9. The minimum absolute atomic E-state index is 0.725. The van der Waals surface area contributed by atoms with Crippen LogP contribution in [-0.4, -0.2) is 13.1 Å². The van der Waals surface area contributed by atoms with Gasteiger partial charge in [-0.3, -0.25) is 0 Å². The minimum atomic E-state index is 0.725. The third-order valence-electron chi connectivity index (χ3n) is 3.35. The Bertz CT molecular complexity index is 578. The molecule has 1 heterocycles. The molecule has 2 nitrogen and oxygen atoms in total. The number of nitrogens with one attached hydrogen (secondary N) is 1. The Morgan fingerprint density at radius 3 is 2.53 bits per heavy atom. The maximum atomic E-state index is 6.25. The summed E-state index contributed by atoms with van der Waals surface area (Å²) < 4.78 is 0. The molecule has 0 saturated carbocycles. The van der Waals surface area contributed by atoms with E-state index in [9.17, 15) is 0 Å². The molecule has 0 amide bonds. The average Bonchev–Trinajstić information content (AvgIpc) is 2.43. The normalized spacial score (nSPS) is 13.9. The molecule has 0 atom stereocenters. The summed E-state index contributed by atoms with van der Waals surface area (Å²) in [5.41, 5.74) is 3.35. The molecule has 0 spiro atoms. The monoisotopic (exact) mass is 292 g/mol. The van der Waals surface area contributed by atoms with E-state index in [1.54, 1.807) is 0 Å². The molecule has 4 heteroatoms. The molecule has 1 aliphatic heterocycles. The standard InChI is InChI=1S/C15H14Cl2N2/c16-12-4-3-5-13(17)11(12)10-19-9-8-18-14-6-1-2-7-15(14)19/h1-7,18H,8-10H2. The SMILES string of the molecule is Clc1cccc(Cl)c1CN1CCNc2ccccc21. The number of para-hydroxylation sites is 2. The van der Waals surface area contributed by atoms with Crippen molar-refractivity contribution in [3.63, 3.8) is 0 Å². The highest BCUT2D eigenvalue weighted by Crippen LogP contribution is 2.32. The van der Waals surface area contributed by atoms with Crippen LogP contribution >= 0.6 is 23.2 Å². The lowest BCUT2D eigenvalue weighted by molar-refractivity contribution is 0.787. The third-order valence-corrected chi connectivity index (χ3v) is 4.06. The van der Waals surface area contributed by atoms with Crippen LogP contribution in [-0.2, 0) is 6.54 Å². The van der Waals surface area contributed by atoms with Gasteiger partial charge in [-0.2, -0.15) is 0 Å². The highest BCUT2D eigenvalue weighted by molar-refractivity contribution is 6.36. The second kappa shape index (κ2) is 5.32. The maximum Gasteiger partial charge on any atom is 0.0605 e. The van der Waals surface area contributed by atoms with Crippen molar-refractivity contribution in [1.29, 1.82) is 0 Å². The van der Waals surface area contributed by atoms with Gasteiger partial charge in [0.05, 0.1) is 11.4 Å². The van der Waals surface area contributed by atoms with Gasteiger partial charge in [0, 0.05) is 35.2 Å². The summed E-state index contributed by atoms with van der Waals surface area (Å²) in [6.07, 6.45) is 0. The summed E-state index contributed by atoms with van der Waals surface area (Å²) in [7, 11) is 0. The predicted molar refractivity (Wildman–Crippen MR) is 82.4 cm³/mol. The van der Waals surface area contributed by atoms with Crippen LogP contribution < -0.4 is 10.2 Å². The van der Waals surface area contributed by atoms with Gasteiger partial charge in [0.1, 0.15) is 0 Å². The van der Waals surface area contributed by atoms with Crippen molar-refractivity contribution in [2.75, 3.05) is 23.3 Å². The summed E-state index contributed by atoms with van der Waals surface area (Å²) in [4.78, 5) is 2.30. The molecule has 98 valence electrons. The van der Waals surface area contributed by atoms with Crippen LogP contribution in [0.1, 0.15) is 5.56 Å². The molecular weight excluding hydrogens is 279 g/mol. The number of nitrogens with zero attached hydrogens (tertiary/aromatic N) is 1. The molecule has 0 aromatic heterocycles. The van der Waals surface area contributed by atoms with Gasteiger partial charge in [-0.25, -0.2) is 0 Å². The van der Waals surface area contributed by atoms with Gasteiger partial charge < -0.3 is 10.2 Å². The maximum absolute atomic E-state index is 6.25. The number of hydrogen-bond acceptors (Lipinski definition) is 2. The average molecular weight is 293 g/mol. The molecule has 0 radical (unpaired) electrons. The van der Waals surface area contributed by atoms with E-state index in [-0.39, 0.29) is 0 Å². The van der Waals surface area contributed by atoms with Crippen molar-refractivity contribution in [1.82, 2.24) is 0 Å². The molecule has 0 bridgehead atoms. The largest absolute Gasteiger partial charge is 0.382 e. The van der Waals surface area contributed by atoms with Gasteiger partial charge in [0.25, 0.3) is 0 Å². The number of fused-ring (bicyclic) bond motifs is 1. The molecule has 0 unspecified atom stereocenters. The lowest BCUT2D eigenvalue weighted by Crippen LogP contribution is -2.33. The van der Waals surface area contributed by atoms with Crippen LogP contribution in [0.15, 0.2) is 42.5 Å². The second-order valence-corrected chi connectivity index (χ2v) is 5.38. The molecule has 0 fully saturated rings. The fourth-order valence-electron chi connectivity index (χ4n) is 2.38. The quantitative estimate of drug-likeness (QED) is 0.881. The second-order valence-electron chi connectivity index (χ2n) is 4.57. The van der Waals surface area contributed by atoms with E-state index in [1.807, 2.05) is 30.3 Å². The van der Waals surface area contributed by atoms with Crippen molar-refractivity contribution >= 4 is 34.6 Å². The van der Waals surface area contributed by atoms with E-state index in [1.165, 1.54) is 5.69 Å². The van der Waals surface area contributed by atoms with E-state index in [0.29, 0.717) is 0 Å². The van der Waals surface area contributed by atoms with Crippen molar-refractivity contribution in [3.05, 3.63) is 58.1 Å². The Morgan fingerprint density at radius 1 is 1.00 bits per heavy atom. The topological polar surface area (TPSA) is 15.3 Å². The van der Waals surface area contributed by atoms with Gasteiger partial charge in [0.15, 0.2) is 0 Å². The van der Waals surface area contributed by atoms with Crippen LogP contribution in [0.5, 0.6) is 0 Å². The molecular formula is C15H14Cl2N2. The smallest absolute Gasteiger partial charge is 0.0605 e. The molecule has 0 saturated heterocycles. The van der Waals surface area contributed by atoms with Crippen molar-refractivity contribution in [3.8, 4) is 0 Å². The zero-order chi connectivity index (χ0) is 13.2. The Kier molecular flexibility index (Phi) is 3.54. The Labute approximate surface area is 122 Å². The van der Waals surface area contributed by atoms with Crippen molar-refractivity contribution in [2.24, 2.45) is 0 Å². The zero-order valence-electron chi connectivity index (χ0n) is 10.4. The molecule has 1 N–H and O–H groups in total. The minimum Gasteiger partial charge on any atom is -0.382 e. The molecule has 3 rings (SSSR count). The summed E-state index contributed by atoms with van der Waals surface area (Å²) in [5, 5.41) is 4.85. The summed E-state index contributed by atoms with van der Waals surface area (Å²) in [5.74, 6) is 0. The molecule has 19 heavy (non-hydrogen) atoms. The number of anilines is 2. The van der Waals surface area contributed by atoms with Crippen LogP contribution in [0.3, 0.4) is 0 Å². The highest BCUT2D eigenvalue weighted by atomic mass is 35.5. The number of halogens is 2. The van der Waals surface area contributed by atoms with Crippen LogP contribution in [0.25, 0.3) is 0 Å². The predicted octanol–water partition coefficient (Wildman–Crippen LogP) is 4.43. The van der Waals surface area contributed by atoms with Crippen LogP contribution in [0.2, 0.25) is 10.0 Å². The van der Waals surface area contributed by atoms with Crippen molar-refractivity contribution < 1.29 is 0 Å². The van der Waals surface area contributed by atoms with E-state index in [4.69, 9.17) is 23.2 Å². The first kappa shape index (κ1) is 12.6. The number of rotatable bonds is 2. The van der Waals surface area contributed by atoms with E-state index >= 15 is 0 Å². The van der Waals surface area contributed by atoms with Crippen LogP contribution in [0.4, 0.5) is 11.4 Å². The molecule has 0 aliphatic carbocycles. The molecule has 2 aromatic carbocycles. The number of hydrogen-bond donors (Lipinski definition) is 1. The Hall–Kier alpha value is -1.38. The van der Waals surface area contributed by atoms with Crippen molar-refractivity contribution in [2.45, 2.75) is 6.54 Å². The van der Waals surface area contributed by atoms with Crippen LogP contribution in [0, 0.1) is 0 Å². The lowest BCUT2D eigenvalue weighted by atomic mass is 10.1. The molecule has 2 aromatic rings. The fraction of sp³-hybridized carbons (Fsp3) is 0.200. The van der Waals surface area contributed by atoms with Gasteiger partial charge in [-0.05, 0) is 24.3 Å². The summed E-state index contributed by atoms with van der Waals surface area (Å²) >= 11 is 12.5. The van der Waals surface area contributed by atoms with Gasteiger partial charge in [0.2, 0.25) is 0 Å². The number of benzene rings is 2. The third kappa shape index (κ3) is 2.51. The Morgan fingerprint density at radius 2 is 1.74 bits per heavy atom. The summed E-state index contributed by atoms with van der Waals surface area (Å²) in [6, 6.07) is 13.9. The fourth-order valence-corrected chi connectivity index (χ4v) is 2.90. The van der Waals surface area contributed by atoms with Gasteiger partial charge >= 0.3 is 0 Å². The first-order valence-corrected chi connectivity index (χ1v) is 7.02. The first-order valence-electron chi connectivity index (χ1n) is 6.26. The van der Waals surface area contributed by atoms with E-state index < -0.39 is 0 Å². The van der Waals surface area contributed by atoms with Gasteiger partial charge in [-0.1, -0.05) is 41.4 Å². The van der Waals surface area contributed by atoms with E-state index in [0.717, 1.165) is 40.9 Å². The molecule has 1 aliphatic rings. The first-order chi connectivity index (χ1) is 9.25. The highest BCUT2D eigenvalue weighted by Gasteiger charge is 2.18. The lowest BCUT2D eigenvalue weighted by Gasteiger charge is -2.32. The van der Waals surface area contributed by atoms with Gasteiger partial charge in [-0.15, -0.1) is 0 Å². The van der Waals surface area contributed by atoms with E-state index in [2.05, 4.69) is 22.3 Å².